The van der Waals surface area contributed by atoms with Crippen LogP contribution < -0.4 is 10.6 Å². The Morgan fingerprint density at radius 1 is 1.25 bits per heavy atom. The van der Waals surface area contributed by atoms with Crippen molar-refractivity contribution in [3.8, 4) is 0 Å². The molecule has 3 rings (SSSR count). The van der Waals surface area contributed by atoms with Gasteiger partial charge in [-0.3, -0.25) is 0 Å². The summed E-state index contributed by atoms with van der Waals surface area (Å²) in [6.07, 6.45) is 5.31. The van der Waals surface area contributed by atoms with Crippen molar-refractivity contribution in [3.63, 3.8) is 0 Å². The number of hydrogen-bond acceptors (Lipinski definition) is 3. The predicted octanol–water partition coefficient (Wildman–Crippen LogP) is 3.17. The van der Waals surface area contributed by atoms with E-state index in [9.17, 15) is 0 Å². The van der Waals surface area contributed by atoms with Crippen LogP contribution in [0.25, 0.3) is 0 Å². The lowest BCUT2D eigenvalue weighted by Crippen LogP contribution is -2.31. The molecule has 0 aliphatic heterocycles. The summed E-state index contributed by atoms with van der Waals surface area (Å²) in [4.78, 5) is 2.42. The van der Waals surface area contributed by atoms with Crippen molar-refractivity contribution in [2.45, 2.75) is 25.7 Å². The lowest BCUT2D eigenvalue weighted by molar-refractivity contribution is 0.318. The van der Waals surface area contributed by atoms with Gasteiger partial charge in [-0.25, -0.2) is 0 Å². The van der Waals surface area contributed by atoms with Crippen molar-refractivity contribution in [3.05, 3.63) is 28.2 Å². The Kier molecular flexibility index (Phi) is 3.87. The van der Waals surface area contributed by atoms with Crippen LogP contribution in [0.1, 0.15) is 31.2 Å². The van der Waals surface area contributed by atoms with Crippen LogP contribution >= 0.6 is 15.9 Å². The second-order valence-corrected chi connectivity index (χ2v) is 6.77. The maximum Gasteiger partial charge on any atom is 0.173 e. The second-order valence-electron chi connectivity index (χ2n) is 5.91. The minimum Gasteiger partial charge on any atom is -0.409 e. The Balaban J connectivity index is 1.93. The number of rotatable bonds is 6. The summed E-state index contributed by atoms with van der Waals surface area (Å²) in [5, 5.41) is 12.2. The van der Waals surface area contributed by atoms with Gasteiger partial charge in [-0.2, -0.15) is 0 Å². The van der Waals surface area contributed by atoms with Crippen LogP contribution in [0.5, 0.6) is 0 Å². The van der Waals surface area contributed by atoms with Gasteiger partial charge in [-0.1, -0.05) is 11.2 Å². The van der Waals surface area contributed by atoms with Crippen LogP contribution in [0.3, 0.4) is 0 Å². The quantitative estimate of drug-likeness (QED) is 0.362. The molecular formula is C15H20BrN3O. The molecule has 20 heavy (non-hydrogen) atoms. The molecule has 0 bridgehead atoms. The minimum absolute atomic E-state index is 0.170. The van der Waals surface area contributed by atoms with Crippen LogP contribution in [-0.2, 0) is 0 Å². The molecule has 1 aromatic rings. The third-order valence-electron chi connectivity index (χ3n) is 4.05. The van der Waals surface area contributed by atoms with Gasteiger partial charge in [0.2, 0.25) is 0 Å². The van der Waals surface area contributed by atoms with Crippen molar-refractivity contribution in [1.82, 2.24) is 0 Å². The number of hydrogen-bond donors (Lipinski definition) is 2. The van der Waals surface area contributed by atoms with Crippen LogP contribution in [0.2, 0.25) is 0 Å². The standard InChI is InChI=1S/C15H20BrN3O/c16-12-2-1-3-13(14(12)15(17)18-20)19(8-10-4-5-10)9-11-6-7-11/h1-3,10-11,20H,4-9H2,(H2,17,18). The van der Waals surface area contributed by atoms with Gasteiger partial charge < -0.3 is 15.8 Å². The molecule has 0 spiro atoms. The fourth-order valence-corrected chi connectivity index (χ4v) is 3.13. The summed E-state index contributed by atoms with van der Waals surface area (Å²) >= 11 is 3.52. The minimum atomic E-state index is 0.170. The Morgan fingerprint density at radius 2 is 1.85 bits per heavy atom. The van der Waals surface area contributed by atoms with E-state index in [1.54, 1.807) is 0 Å². The van der Waals surface area contributed by atoms with E-state index in [0.29, 0.717) is 0 Å². The topological polar surface area (TPSA) is 61.9 Å². The van der Waals surface area contributed by atoms with Gasteiger partial charge in [0.05, 0.1) is 5.56 Å². The van der Waals surface area contributed by atoms with Crippen molar-refractivity contribution < 1.29 is 5.21 Å². The monoisotopic (exact) mass is 337 g/mol. The van der Waals surface area contributed by atoms with E-state index in [1.807, 2.05) is 12.1 Å². The average Bonchev–Trinajstić information content (AvgIpc) is 3.32. The zero-order chi connectivity index (χ0) is 14.1. The molecule has 1 aromatic carbocycles. The zero-order valence-electron chi connectivity index (χ0n) is 11.4. The number of halogens is 1. The fourth-order valence-electron chi connectivity index (χ4n) is 2.58. The van der Waals surface area contributed by atoms with E-state index >= 15 is 0 Å². The van der Waals surface area contributed by atoms with Gasteiger partial charge in [0.15, 0.2) is 5.84 Å². The molecule has 0 radical (unpaired) electrons. The SMILES string of the molecule is N/C(=N/O)c1c(Br)cccc1N(CC1CC1)CC1CC1. The van der Waals surface area contributed by atoms with Crippen LogP contribution in [0.4, 0.5) is 5.69 Å². The largest absolute Gasteiger partial charge is 0.409 e. The summed E-state index contributed by atoms with van der Waals surface area (Å²) in [5.41, 5.74) is 7.75. The highest BCUT2D eigenvalue weighted by molar-refractivity contribution is 9.10. The Bertz CT molecular complexity index is 510. The molecule has 0 amide bonds. The third-order valence-corrected chi connectivity index (χ3v) is 4.71. The lowest BCUT2D eigenvalue weighted by atomic mass is 10.1. The van der Waals surface area contributed by atoms with Crippen molar-refractivity contribution in [2.75, 3.05) is 18.0 Å². The third kappa shape index (κ3) is 3.08. The number of benzene rings is 1. The first-order valence-corrected chi connectivity index (χ1v) is 7.99. The average molecular weight is 338 g/mol. The van der Waals surface area contributed by atoms with Crippen LogP contribution in [-0.4, -0.2) is 24.1 Å². The highest BCUT2D eigenvalue weighted by atomic mass is 79.9. The Hall–Kier alpha value is -1.23. The molecule has 0 heterocycles. The molecule has 108 valence electrons. The molecule has 2 aliphatic carbocycles. The Morgan fingerprint density at radius 3 is 2.35 bits per heavy atom. The van der Waals surface area contributed by atoms with E-state index < -0.39 is 0 Å². The van der Waals surface area contributed by atoms with Crippen molar-refractivity contribution >= 4 is 27.5 Å². The molecule has 3 N–H and O–H groups in total. The molecule has 0 aromatic heterocycles. The molecule has 0 unspecified atom stereocenters. The zero-order valence-corrected chi connectivity index (χ0v) is 13.0. The molecule has 2 fully saturated rings. The van der Waals surface area contributed by atoms with Crippen LogP contribution in [0.15, 0.2) is 27.8 Å². The lowest BCUT2D eigenvalue weighted by Gasteiger charge is -2.27. The van der Waals surface area contributed by atoms with Gasteiger partial charge in [-0.05, 0) is 65.6 Å². The maximum absolute atomic E-state index is 9.03. The highest BCUT2D eigenvalue weighted by Crippen LogP contribution is 2.37. The smallest absolute Gasteiger partial charge is 0.173 e. The number of oxime groups is 1. The molecule has 2 aliphatic rings. The Labute approximate surface area is 127 Å². The molecule has 2 saturated carbocycles. The first-order valence-electron chi connectivity index (χ1n) is 7.20. The van der Waals surface area contributed by atoms with Gasteiger partial charge >= 0.3 is 0 Å². The number of nitrogens with zero attached hydrogens (tertiary/aromatic N) is 2. The highest BCUT2D eigenvalue weighted by Gasteiger charge is 2.30. The van der Waals surface area contributed by atoms with E-state index in [1.165, 1.54) is 25.7 Å². The van der Waals surface area contributed by atoms with Crippen molar-refractivity contribution in [2.24, 2.45) is 22.7 Å². The maximum atomic E-state index is 9.03. The summed E-state index contributed by atoms with van der Waals surface area (Å²) in [5.74, 6) is 1.80. The summed E-state index contributed by atoms with van der Waals surface area (Å²) in [7, 11) is 0. The summed E-state index contributed by atoms with van der Waals surface area (Å²) in [6, 6.07) is 6.02. The van der Waals surface area contributed by atoms with E-state index in [0.717, 1.165) is 40.6 Å². The first kappa shape index (κ1) is 13.7. The first-order chi connectivity index (χ1) is 9.69. The second kappa shape index (κ2) is 5.64. The van der Waals surface area contributed by atoms with Gasteiger partial charge in [0, 0.05) is 23.2 Å². The van der Waals surface area contributed by atoms with Gasteiger partial charge in [-0.15, -0.1) is 0 Å². The van der Waals surface area contributed by atoms with Crippen LogP contribution in [0, 0.1) is 11.8 Å². The molecule has 0 saturated heterocycles. The fraction of sp³-hybridized carbons (Fsp3) is 0.533. The molecular weight excluding hydrogens is 318 g/mol. The normalized spacial score (nSPS) is 19.1. The number of anilines is 1. The molecule has 4 nitrogen and oxygen atoms in total. The number of amidine groups is 1. The number of nitrogens with two attached hydrogens (primary N) is 1. The van der Waals surface area contributed by atoms with Gasteiger partial charge in [0.25, 0.3) is 0 Å². The van der Waals surface area contributed by atoms with Crippen molar-refractivity contribution in [1.29, 1.82) is 0 Å². The van der Waals surface area contributed by atoms with E-state index in [2.05, 4.69) is 32.1 Å². The van der Waals surface area contributed by atoms with E-state index in [4.69, 9.17) is 10.9 Å². The van der Waals surface area contributed by atoms with E-state index in [-0.39, 0.29) is 5.84 Å². The summed E-state index contributed by atoms with van der Waals surface area (Å²) < 4.78 is 0.877. The summed E-state index contributed by atoms with van der Waals surface area (Å²) in [6.45, 7) is 2.16. The van der Waals surface area contributed by atoms with Gasteiger partial charge in [0.1, 0.15) is 0 Å². The predicted molar refractivity (Wildman–Crippen MR) is 84.3 cm³/mol. The molecule has 5 heteroatoms. The molecule has 0 atom stereocenters.